The minimum atomic E-state index is -0.205. The zero-order valence-corrected chi connectivity index (χ0v) is 17.3. The number of nitrogens with zero attached hydrogens (tertiary/aromatic N) is 3. The van der Waals surface area contributed by atoms with Crippen LogP contribution in [0.3, 0.4) is 0 Å². The largest absolute Gasteiger partial charge is 0.486 e. The van der Waals surface area contributed by atoms with Gasteiger partial charge in [0, 0.05) is 43.3 Å². The van der Waals surface area contributed by atoms with Crippen molar-refractivity contribution in [1.29, 1.82) is 0 Å². The first kappa shape index (κ1) is 19.4. The summed E-state index contributed by atoms with van der Waals surface area (Å²) in [4.78, 5) is 27.6. The Labute approximate surface area is 179 Å². The van der Waals surface area contributed by atoms with Crippen LogP contribution in [-0.2, 0) is 7.05 Å². The van der Waals surface area contributed by atoms with Crippen molar-refractivity contribution in [2.45, 2.75) is 18.9 Å². The van der Waals surface area contributed by atoms with E-state index in [1.807, 2.05) is 29.2 Å². The summed E-state index contributed by atoms with van der Waals surface area (Å²) in [6.45, 7) is 2.33. The molecule has 0 bridgehead atoms. The number of rotatable bonds is 3. The number of carbonyl (C=O) groups is 1. The highest BCUT2D eigenvalue weighted by Crippen LogP contribution is 2.33. The Morgan fingerprint density at radius 3 is 2.71 bits per heavy atom. The van der Waals surface area contributed by atoms with Crippen molar-refractivity contribution in [3.63, 3.8) is 0 Å². The molecule has 3 aromatic rings. The molecule has 8 heteroatoms. The van der Waals surface area contributed by atoms with Gasteiger partial charge in [-0.1, -0.05) is 18.2 Å². The fourth-order valence-electron chi connectivity index (χ4n) is 4.26. The summed E-state index contributed by atoms with van der Waals surface area (Å²) in [6, 6.07) is 13.1. The van der Waals surface area contributed by atoms with Crippen LogP contribution < -0.4 is 20.3 Å². The van der Waals surface area contributed by atoms with Gasteiger partial charge in [-0.05, 0) is 31.0 Å². The summed E-state index contributed by atoms with van der Waals surface area (Å²) in [5.41, 5.74) is 1.05. The van der Waals surface area contributed by atoms with Gasteiger partial charge < -0.3 is 19.7 Å². The van der Waals surface area contributed by atoms with Crippen molar-refractivity contribution < 1.29 is 14.3 Å². The second-order valence-corrected chi connectivity index (χ2v) is 7.92. The van der Waals surface area contributed by atoms with Crippen LogP contribution in [0.2, 0.25) is 0 Å². The van der Waals surface area contributed by atoms with Crippen molar-refractivity contribution >= 4 is 22.4 Å². The number of hydrogen-bond acceptors (Lipinski definition) is 6. The number of fused-ring (bicyclic) bond motifs is 2. The monoisotopic (exact) mass is 420 g/mol. The second-order valence-electron chi connectivity index (χ2n) is 7.92. The van der Waals surface area contributed by atoms with Crippen LogP contribution in [-0.4, -0.2) is 52.9 Å². The molecule has 0 aliphatic carbocycles. The maximum Gasteiger partial charge on any atom is 0.275 e. The number of ether oxygens (including phenoxy) is 2. The van der Waals surface area contributed by atoms with Crippen molar-refractivity contribution in [3.8, 4) is 11.5 Å². The van der Waals surface area contributed by atoms with Gasteiger partial charge in [0.25, 0.3) is 11.5 Å². The van der Waals surface area contributed by atoms with E-state index in [1.54, 1.807) is 25.2 Å². The topological polar surface area (TPSA) is 85.7 Å². The summed E-state index contributed by atoms with van der Waals surface area (Å²) in [6.07, 6.45) is 1.84. The normalized spacial score (nSPS) is 18.1. The van der Waals surface area contributed by atoms with E-state index < -0.39 is 0 Å². The number of benzene rings is 2. The Morgan fingerprint density at radius 2 is 1.87 bits per heavy atom. The van der Waals surface area contributed by atoms with Gasteiger partial charge in [-0.25, -0.2) is 4.68 Å². The zero-order valence-electron chi connectivity index (χ0n) is 17.3. The van der Waals surface area contributed by atoms with Gasteiger partial charge in [-0.3, -0.25) is 9.59 Å². The zero-order chi connectivity index (χ0) is 21.4. The minimum absolute atomic E-state index is 0.110. The van der Waals surface area contributed by atoms with Gasteiger partial charge in [0.1, 0.15) is 13.2 Å². The number of hydrogen-bond donors (Lipinski definition) is 1. The molecule has 8 nitrogen and oxygen atoms in total. The Hall–Kier alpha value is -3.55. The SMILES string of the molecule is Cn1nc(C(=O)N2CCC[C@H](Nc3ccc4c(c3)OCCO4)C2)c2ccccc2c1=O. The molecule has 0 saturated carbocycles. The van der Waals surface area contributed by atoms with Gasteiger partial charge in [0.15, 0.2) is 17.2 Å². The molecule has 1 aromatic heterocycles. The van der Waals surface area contributed by atoms with Gasteiger partial charge in [-0.15, -0.1) is 0 Å². The average molecular weight is 420 g/mol. The molecule has 3 heterocycles. The lowest BCUT2D eigenvalue weighted by Gasteiger charge is -2.34. The number of carbonyl (C=O) groups excluding carboxylic acids is 1. The standard InChI is InChI=1S/C23H24N4O4/c1-26-22(28)18-7-3-2-6-17(18)21(25-26)23(29)27-10-4-5-16(14-27)24-15-8-9-19-20(13-15)31-12-11-30-19/h2-3,6-9,13,16,24H,4-5,10-12,14H2,1H3/t16-/m0/s1. The van der Waals surface area contributed by atoms with E-state index in [2.05, 4.69) is 10.4 Å². The van der Waals surface area contributed by atoms with Crippen LogP contribution in [0.4, 0.5) is 5.69 Å². The lowest BCUT2D eigenvalue weighted by molar-refractivity contribution is 0.0708. The average Bonchev–Trinajstić information content (AvgIpc) is 2.81. The van der Waals surface area contributed by atoms with Crippen molar-refractivity contribution in [1.82, 2.24) is 14.7 Å². The summed E-state index contributed by atoms with van der Waals surface area (Å²) in [5, 5.41) is 8.92. The molecule has 0 spiro atoms. The molecule has 2 aromatic carbocycles. The Balaban J connectivity index is 1.36. The molecule has 160 valence electrons. The third-order valence-corrected chi connectivity index (χ3v) is 5.78. The number of amides is 1. The number of aromatic nitrogens is 2. The number of anilines is 1. The van der Waals surface area contributed by atoms with Crippen molar-refractivity contribution in [3.05, 3.63) is 58.5 Å². The molecule has 0 unspecified atom stereocenters. The number of likely N-dealkylation sites (tertiary alicyclic amines) is 1. The highest BCUT2D eigenvalue weighted by Gasteiger charge is 2.27. The Bertz CT molecular complexity index is 1210. The van der Waals surface area contributed by atoms with Crippen LogP contribution in [0, 0.1) is 0 Å². The van der Waals surface area contributed by atoms with Gasteiger partial charge >= 0.3 is 0 Å². The van der Waals surface area contributed by atoms with E-state index in [1.165, 1.54) is 4.68 Å². The molecule has 2 aliphatic rings. The molecule has 1 amide bonds. The summed E-state index contributed by atoms with van der Waals surface area (Å²) >= 11 is 0. The van der Waals surface area contributed by atoms with Gasteiger partial charge in [-0.2, -0.15) is 5.10 Å². The molecule has 1 saturated heterocycles. The predicted octanol–water partition coefficient (Wildman–Crippen LogP) is 2.42. The van der Waals surface area contributed by atoms with E-state index in [0.717, 1.165) is 30.0 Å². The second kappa shape index (κ2) is 7.94. The first-order valence-electron chi connectivity index (χ1n) is 10.5. The first-order chi connectivity index (χ1) is 15.1. The van der Waals surface area contributed by atoms with Crippen LogP contribution in [0.5, 0.6) is 11.5 Å². The summed E-state index contributed by atoms with van der Waals surface area (Å²) < 4.78 is 12.5. The van der Waals surface area contributed by atoms with Crippen molar-refractivity contribution in [2.75, 3.05) is 31.6 Å². The van der Waals surface area contributed by atoms with E-state index in [0.29, 0.717) is 42.8 Å². The molecule has 1 N–H and O–H groups in total. The fourth-order valence-corrected chi connectivity index (χ4v) is 4.26. The van der Waals surface area contributed by atoms with Crippen LogP contribution in [0.15, 0.2) is 47.3 Å². The number of nitrogens with one attached hydrogen (secondary N) is 1. The molecule has 5 rings (SSSR count). The molecule has 2 aliphatic heterocycles. The molecule has 31 heavy (non-hydrogen) atoms. The number of piperidine rings is 1. The molecule has 0 radical (unpaired) electrons. The first-order valence-corrected chi connectivity index (χ1v) is 10.5. The third-order valence-electron chi connectivity index (χ3n) is 5.78. The summed E-state index contributed by atoms with van der Waals surface area (Å²) in [7, 11) is 1.58. The van der Waals surface area contributed by atoms with Gasteiger partial charge in [0.2, 0.25) is 0 Å². The van der Waals surface area contributed by atoms with E-state index in [4.69, 9.17) is 9.47 Å². The molecule has 1 atom stereocenters. The predicted molar refractivity (Wildman–Crippen MR) is 117 cm³/mol. The smallest absolute Gasteiger partial charge is 0.275 e. The maximum absolute atomic E-state index is 13.4. The minimum Gasteiger partial charge on any atom is -0.486 e. The third kappa shape index (κ3) is 3.69. The van der Waals surface area contributed by atoms with Crippen LogP contribution in [0.1, 0.15) is 23.3 Å². The number of aryl methyl sites for hydroxylation is 1. The molecular formula is C23H24N4O4. The molecular weight excluding hydrogens is 396 g/mol. The highest BCUT2D eigenvalue weighted by atomic mass is 16.6. The Kier molecular flexibility index (Phi) is 4.97. The van der Waals surface area contributed by atoms with Crippen LogP contribution in [0.25, 0.3) is 10.8 Å². The maximum atomic E-state index is 13.4. The molecule has 1 fully saturated rings. The van der Waals surface area contributed by atoms with E-state index in [9.17, 15) is 9.59 Å². The summed E-state index contributed by atoms with van der Waals surface area (Å²) in [5.74, 6) is 1.34. The fraction of sp³-hybridized carbons (Fsp3) is 0.348. The van der Waals surface area contributed by atoms with E-state index >= 15 is 0 Å². The van der Waals surface area contributed by atoms with Gasteiger partial charge in [0.05, 0.1) is 5.39 Å². The lowest BCUT2D eigenvalue weighted by atomic mass is 10.0. The van der Waals surface area contributed by atoms with E-state index in [-0.39, 0.29) is 17.5 Å². The quantitative estimate of drug-likeness (QED) is 0.701. The van der Waals surface area contributed by atoms with Crippen LogP contribution >= 0.6 is 0 Å². The Morgan fingerprint density at radius 1 is 1.10 bits per heavy atom. The lowest BCUT2D eigenvalue weighted by Crippen LogP contribution is -2.45. The van der Waals surface area contributed by atoms with Crippen molar-refractivity contribution in [2.24, 2.45) is 7.05 Å². The highest BCUT2D eigenvalue weighted by molar-refractivity contribution is 6.04.